The average Bonchev–Trinajstić information content (AvgIpc) is 2.89. The number of thiophene rings is 1. The fourth-order valence-electron chi connectivity index (χ4n) is 1.96. The maximum Gasteiger partial charge on any atom is 0.420 e. The fraction of sp³-hybridized carbons (Fsp3) is 0.143. The van der Waals surface area contributed by atoms with E-state index in [1.165, 1.54) is 23.1 Å². The molecule has 0 atom stereocenters. The summed E-state index contributed by atoms with van der Waals surface area (Å²) in [5, 5.41) is 1.24. The minimum absolute atomic E-state index is 0.0527. The third kappa shape index (κ3) is 2.75. The number of nitrogens with zero attached hydrogens (tertiary/aromatic N) is 2. The van der Waals surface area contributed by atoms with Crippen LogP contribution in [0.5, 0.6) is 0 Å². The largest absolute Gasteiger partial charge is 0.420 e. The summed E-state index contributed by atoms with van der Waals surface area (Å²) >= 11 is 2.52. The van der Waals surface area contributed by atoms with Crippen molar-refractivity contribution in [3.8, 4) is 10.6 Å². The summed E-state index contributed by atoms with van der Waals surface area (Å²) in [5.74, 6) is 0. The Bertz CT molecular complexity index is 763. The number of halogens is 3. The summed E-state index contributed by atoms with van der Waals surface area (Å²) in [4.78, 5) is 8.31. The van der Waals surface area contributed by atoms with Crippen LogP contribution in [0.25, 0.3) is 20.7 Å². The van der Waals surface area contributed by atoms with Crippen molar-refractivity contribution >= 4 is 33.2 Å². The van der Waals surface area contributed by atoms with Gasteiger partial charge in [-0.2, -0.15) is 13.2 Å². The minimum Gasteiger partial charge on any atom is -0.230 e. The number of fused-ring (bicyclic) bond motifs is 1. The molecular weight excluding hydrogens is 317 g/mol. The highest BCUT2D eigenvalue weighted by atomic mass is 32.2. The van der Waals surface area contributed by atoms with E-state index in [1.54, 1.807) is 12.3 Å². The summed E-state index contributed by atoms with van der Waals surface area (Å²) < 4.78 is 40.4. The lowest BCUT2D eigenvalue weighted by Gasteiger charge is -2.10. The maximum absolute atomic E-state index is 13.1. The Kier molecular flexibility index (Phi) is 3.62. The molecule has 3 rings (SSSR count). The van der Waals surface area contributed by atoms with E-state index in [2.05, 4.69) is 9.97 Å². The first-order chi connectivity index (χ1) is 9.99. The molecule has 0 aliphatic heterocycles. The first kappa shape index (κ1) is 14.3. The van der Waals surface area contributed by atoms with Crippen molar-refractivity contribution < 1.29 is 13.2 Å². The van der Waals surface area contributed by atoms with Crippen LogP contribution in [0.1, 0.15) is 5.56 Å². The summed E-state index contributed by atoms with van der Waals surface area (Å²) in [7, 11) is 0. The van der Waals surface area contributed by atoms with Crippen LogP contribution in [0.2, 0.25) is 0 Å². The molecule has 0 N–H and O–H groups in total. The van der Waals surface area contributed by atoms with E-state index in [-0.39, 0.29) is 5.69 Å². The van der Waals surface area contributed by atoms with Gasteiger partial charge in [-0.1, -0.05) is 30.0 Å². The van der Waals surface area contributed by atoms with E-state index in [9.17, 15) is 13.2 Å². The van der Waals surface area contributed by atoms with Crippen molar-refractivity contribution in [2.75, 3.05) is 6.26 Å². The lowest BCUT2D eigenvalue weighted by molar-refractivity contribution is -0.137. The maximum atomic E-state index is 13.1. The number of benzene rings is 1. The van der Waals surface area contributed by atoms with E-state index in [0.717, 1.165) is 16.3 Å². The van der Waals surface area contributed by atoms with Gasteiger partial charge < -0.3 is 0 Å². The molecule has 3 aromatic rings. The van der Waals surface area contributed by atoms with Crippen molar-refractivity contribution in [2.24, 2.45) is 0 Å². The van der Waals surface area contributed by atoms with Gasteiger partial charge in [-0.05, 0) is 23.8 Å². The first-order valence-electron chi connectivity index (χ1n) is 5.96. The third-order valence-corrected chi connectivity index (χ3v) is 4.60. The molecule has 0 unspecified atom stereocenters. The lowest BCUT2D eigenvalue weighted by Crippen LogP contribution is -2.09. The van der Waals surface area contributed by atoms with Crippen molar-refractivity contribution in [2.45, 2.75) is 11.3 Å². The average molecular weight is 326 g/mol. The molecule has 0 fully saturated rings. The second-order valence-corrected chi connectivity index (χ2v) is 6.12. The number of aromatic nitrogens is 2. The Hall–Kier alpha value is -1.60. The third-order valence-electron chi connectivity index (χ3n) is 2.91. The molecule has 7 heteroatoms. The van der Waals surface area contributed by atoms with Gasteiger partial charge in [-0.3, -0.25) is 0 Å². The van der Waals surface area contributed by atoms with Crippen LogP contribution >= 0.6 is 23.1 Å². The molecule has 0 radical (unpaired) electrons. The molecule has 108 valence electrons. The Morgan fingerprint density at radius 3 is 2.62 bits per heavy atom. The zero-order chi connectivity index (χ0) is 15.0. The molecule has 21 heavy (non-hydrogen) atoms. The van der Waals surface area contributed by atoms with E-state index in [4.69, 9.17) is 0 Å². The van der Waals surface area contributed by atoms with Gasteiger partial charge in [0.1, 0.15) is 5.56 Å². The van der Waals surface area contributed by atoms with Crippen LogP contribution in [0, 0.1) is 0 Å². The van der Waals surface area contributed by atoms with Crippen LogP contribution in [-0.4, -0.2) is 16.2 Å². The minimum atomic E-state index is -4.47. The van der Waals surface area contributed by atoms with Crippen molar-refractivity contribution in [1.82, 2.24) is 9.97 Å². The molecule has 0 saturated heterocycles. The summed E-state index contributed by atoms with van der Waals surface area (Å²) in [6.07, 6.45) is -1.88. The van der Waals surface area contributed by atoms with E-state index in [0.29, 0.717) is 10.0 Å². The summed E-state index contributed by atoms with van der Waals surface area (Å²) in [6, 6.07) is 9.21. The fourth-order valence-corrected chi connectivity index (χ4v) is 3.37. The molecule has 2 aromatic heterocycles. The van der Waals surface area contributed by atoms with Crippen LogP contribution in [0.4, 0.5) is 13.2 Å². The zero-order valence-corrected chi connectivity index (χ0v) is 12.4. The Balaban J connectivity index is 2.23. The SMILES string of the molecule is CSc1ncc(C(F)(F)F)c(-c2cc3ccccc3s2)n1. The van der Waals surface area contributed by atoms with Gasteiger partial charge in [0.25, 0.3) is 0 Å². The van der Waals surface area contributed by atoms with Gasteiger partial charge >= 0.3 is 6.18 Å². The molecule has 0 aliphatic rings. The van der Waals surface area contributed by atoms with Crippen LogP contribution in [0.3, 0.4) is 0 Å². The highest BCUT2D eigenvalue weighted by Gasteiger charge is 2.35. The molecular formula is C14H9F3N2S2. The number of thioether (sulfide) groups is 1. The normalized spacial score (nSPS) is 12.0. The summed E-state index contributed by atoms with van der Waals surface area (Å²) in [5.41, 5.74) is -0.852. The van der Waals surface area contributed by atoms with E-state index >= 15 is 0 Å². The molecule has 0 aliphatic carbocycles. The second-order valence-electron chi connectivity index (χ2n) is 4.27. The number of rotatable bonds is 2. The number of hydrogen-bond donors (Lipinski definition) is 0. The Morgan fingerprint density at radius 2 is 1.95 bits per heavy atom. The highest BCUT2D eigenvalue weighted by molar-refractivity contribution is 7.98. The smallest absolute Gasteiger partial charge is 0.230 e. The lowest BCUT2D eigenvalue weighted by atomic mass is 10.2. The van der Waals surface area contributed by atoms with Crippen molar-refractivity contribution in [3.63, 3.8) is 0 Å². The Labute approximate surface area is 127 Å². The molecule has 2 nitrogen and oxygen atoms in total. The van der Waals surface area contributed by atoms with Crippen LogP contribution < -0.4 is 0 Å². The van der Waals surface area contributed by atoms with Gasteiger partial charge in [0.05, 0.1) is 10.6 Å². The zero-order valence-electron chi connectivity index (χ0n) is 10.8. The number of hydrogen-bond acceptors (Lipinski definition) is 4. The van der Waals surface area contributed by atoms with Gasteiger partial charge in [-0.25, -0.2) is 9.97 Å². The van der Waals surface area contributed by atoms with Gasteiger partial charge in [0.15, 0.2) is 5.16 Å². The molecule has 1 aromatic carbocycles. The van der Waals surface area contributed by atoms with E-state index in [1.807, 2.05) is 24.3 Å². The Morgan fingerprint density at radius 1 is 1.19 bits per heavy atom. The summed E-state index contributed by atoms with van der Waals surface area (Å²) in [6.45, 7) is 0. The van der Waals surface area contributed by atoms with Gasteiger partial charge in [0, 0.05) is 10.9 Å². The second kappa shape index (κ2) is 5.31. The first-order valence-corrected chi connectivity index (χ1v) is 8.00. The molecule has 0 saturated carbocycles. The molecule has 2 heterocycles. The monoisotopic (exact) mass is 326 g/mol. The molecule has 0 bridgehead atoms. The van der Waals surface area contributed by atoms with Crippen LogP contribution in [0.15, 0.2) is 41.7 Å². The van der Waals surface area contributed by atoms with Crippen LogP contribution in [-0.2, 0) is 6.18 Å². The van der Waals surface area contributed by atoms with Crippen molar-refractivity contribution in [3.05, 3.63) is 42.1 Å². The van der Waals surface area contributed by atoms with E-state index < -0.39 is 11.7 Å². The van der Waals surface area contributed by atoms with Gasteiger partial charge in [0.2, 0.25) is 0 Å². The van der Waals surface area contributed by atoms with Crippen molar-refractivity contribution in [1.29, 1.82) is 0 Å². The predicted octanol–water partition coefficient (Wildman–Crippen LogP) is 5.10. The number of alkyl halides is 3. The molecule has 0 spiro atoms. The molecule has 0 amide bonds. The predicted molar refractivity (Wildman–Crippen MR) is 79.6 cm³/mol. The standard InChI is InChI=1S/C14H9F3N2S2/c1-20-13-18-7-9(14(15,16)17)12(19-13)11-6-8-4-2-3-5-10(8)21-11/h2-7H,1H3. The topological polar surface area (TPSA) is 25.8 Å². The van der Waals surface area contributed by atoms with Gasteiger partial charge in [-0.15, -0.1) is 11.3 Å². The quantitative estimate of drug-likeness (QED) is 0.484. The highest BCUT2D eigenvalue weighted by Crippen LogP contribution is 2.40.